The van der Waals surface area contributed by atoms with E-state index in [1.807, 2.05) is 14.0 Å². The van der Waals surface area contributed by atoms with Crippen LogP contribution in [-0.2, 0) is 0 Å². The molecular formula is C12H18N2O2. The number of phenolic OH excluding ortho intramolecular Hbond substituents is 1. The summed E-state index contributed by atoms with van der Waals surface area (Å²) in [6.45, 7) is 4.27. The summed E-state index contributed by atoms with van der Waals surface area (Å²) in [4.78, 5) is 11.7. The van der Waals surface area contributed by atoms with Crippen molar-refractivity contribution in [3.63, 3.8) is 0 Å². The molecule has 0 radical (unpaired) electrons. The van der Waals surface area contributed by atoms with Crippen molar-refractivity contribution >= 4 is 5.91 Å². The largest absolute Gasteiger partial charge is 0.507 e. The lowest BCUT2D eigenvalue weighted by Gasteiger charge is -2.12. The molecule has 0 aliphatic carbocycles. The number of hydrogen-bond donors (Lipinski definition) is 3. The van der Waals surface area contributed by atoms with Crippen LogP contribution in [0, 0.1) is 6.92 Å². The number of benzene rings is 1. The van der Waals surface area contributed by atoms with E-state index in [0.29, 0.717) is 17.7 Å². The van der Waals surface area contributed by atoms with Crippen molar-refractivity contribution < 1.29 is 9.90 Å². The third-order valence-electron chi connectivity index (χ3n) is 2.54. The molecule has 1 atom stereocenters. The Labute approximate surface area is 95.7 Å². The van der Waals surface area contributed by atoms with E-state index >= 15 is 0 Å². The van der Waals surface area contributed by atoms with Crippen LogP contribution < -0.4 is 10.6 Å². The normalized spacial score (nSPS) is 12.2. The van der Waals surface area contributed by atoms with Crippen LogP contribution in [-0.4, -0.2) is 30.6 Å². The van der Waals surface area contributed by atoms with Gasteiger partial charge in [-0.15, -0.1) is 0 Å². The molecule has 0 aliphatic heterocycles. The summed E-state index contributed by atoms with van der Waals surface area (Å²) < 4.78 is 0. The van der Waals surface area contributed by atoms with Gasteiger partial charge in [0.2, 0.25) is 0 Å². The average Bonchev–Trinajstić information content (AvgIpc) is 2.29. The van der Waals surface area contributed by atoms with Crippen LogP contribution in [0.15, 0.2) is 18.2 Å². The van der Waals surface area contributed by atoms with E-state index in [4.69, 9.17) is 0 Å². The van der Waals surface area contributed by atoms with E-state index in [1.54, 1.807) is 25.1 Å². The second-order valence-corrected chi connectivity index (χ2v) is 3.87. The minimum Gasteiger partial charge on any atom is -0.507 e. The van der Waals surface area contributed by atoms with Gasteiger partial charge in [-0.25, -0.2) is 0 Å². The van der Waals surface area contributed by atoms with E-state index in [0.717, 1.165) is 0 Å². The van der Waals surface area contributed by atoms with Crippen molar-refractivity contribution in [1.82, 2.24) is 10.6 Å². The lowest BCUT2D eigenvalue weighted by atomic mass is 10.1. The van der Waals surface area contributed by atoms with Gasteiger partial charge < -0.3 is 15.7 Å². The molecule has 4 heteroatoms. The number of nitrogens with one attached hydrogen (secondary N) is 2. The van der Waals surface area contributed by atoms with E-state index in [9.17, 15) is 9.90 Å². The summed E-state index contributed by atoms with van der Waals surface area (Å²) in [5, 5.41) is 15.5. The van der Waals surface area contributed by atoms with E-state index < -0.39 is 0 Å². The number of hydrogen-bond acceptors (Lipinski definition) is 3. The highest BCUT2D eigenvalue weighted by atomic mass is 16.3. The molecule has 4 nitrogen and oxygen atoms in total. The highest BCUT2D eigenvalue weighted by molar-refractivity contribution is 5.97. The molecule has 0 bridgehead atoms. The first kappa shape index (κ1) is 12.5. The van der Waals surface area contributed by atoms with Gasteiger partial charge in [0.1, 0.15) is 5.75 Å². The molecule has 0 spiro atoms. The zero-order valence-corrected chi connectivity index (χ0v) is 9.87. The Kier molecular flexibility index (Phi) is 4.31. The third kappa shape index (κ3) is 2.97. The zero-order valence-electron chi connectivity index (χ0n) is 9.87. The maximum Gasteiger partial charge on any atom is 0.255 e. The standard InChI is InChI=1S/C12H18N2O2/c1-8-5-4-6-10(11(8)15)12(16)14-7-9(2)13-3/h4-6,9,13,15H,7H2,1-3H3,(H,14,16). The fourth-order valence-electron chi connectivity index (χ4n) is 1.29. The smallest absolute Gasteiger partial charge is 0.255 e. The van der Waals surface area contributed by atoms with Gasteiger partial charge in [0.15, 0.2) is 0 Å². The summed E-state index contributed by atoms with van der Waals surface area (Å²) >= 11 is 0. The SMILES string of the molecule is CNC(C)CNC(=O)c1cccc(C)c1O. The van der Waals surface area contributed by atoms with Gasteiger partial charge in [-0.05, 0) is 32.5 Å². The molecule has 0 fully saturated rings. The Morgan fingerprint density at radius 1 is 1.50 bits per heavy atom. The Bertz CT molecular complexity index is 377. The highest BCUT2D eigenvalue weighted by Crippen LogP contribution is 2.20. The lowest BCUT2D eigenvalue weighted by Crippen LogP contribution is -2.37. The summed E-state index contributed by atoms with van der Waals surface area (Å²) in [6.07, 6.45) is 0. The van der Waals surface area contributed by atoms with E-state index in [-0.39, 0.29) is 17.7 Å². The van der Waals surface area contributed by atoms with Crippen molar-refractivity contribution in [2.45, 2.75) is 19.9 Å². The maximum atomic E-state index is 11.7. The predicted molar refractivity (Wildman–Crippen MR) is 63.7 cm³/mol. The monoisotopic (exact) mass is 222 g/mol. The fourth-order valence-corrected chi connectivity index (χ4v) is 1.29. The van der Waals surface area contributed by atoms with Crippen LogP contribution in [0.2, 0.25) is 0 Å². The van der Waals surface area contributed by atoms with Gasteiger partial charge in [0, 0.05) is 12.6 Å². The lowest BCUT2D eigenvalue weighted by molar-refractivity contribution is 0.0948. The molecule has 1 rings (SSSR count). The molecule has 0 heterocycles. The van der Waals surface area contributed by atoms with E-state index in [1.165, 1.54) is 0 Å². The highest BCUT2D eigenvalue weighted by Gasteiger charge is 2.12. The topological polar surface area (TPSA) is 61.4 Å². The first-order valence-corrected chi connectivity index (χ1v) is 5.30. The molecule has 1 unspecified atom stereocenters. The van der Waals surface area contributed by atoms with Crippen molar-refractivity contribution in [1.29, 1.82) is 0 Å². The van der Waals surface area contributed by atoms with Crippen LogP contribution in [0.3, 0.4) is 0 Å². The number of aromatic hydroxyl groups is 1. The molecular weight excluding hydrogens is 204 g/mol. The number of carbonyl (C=O) groups is 1. The molecule has 88 valence electrons. The number of rotatable bonds is 4. The van der Waals surface area contributed by atoms with Gasteiger partial charge in [-0.2, -0.15) is 0 Å². The molecule has 3 N–H and O–H groups in total. The van der Waals surface area contributed by atoms with Crippen LogP contribution in [0.1, 0.15) is 22.8 Å². The number of amides is 1. The molecule has 0 aromatic heterocycles. The van der Waals surface area contributed by atoms with Gasteiger partial charge >= 0.3 is 0 Å². The van der Waals surface area contributed by atoms with Crippen LogP contribution in [0.5, 0.6) is 5.75 Å². The van der Waals surface area contributed by atoms with Gasteiger partial charge in [0.25, 0.3) is 5.91 Å². The molecule has 1 aromatic rings. The van der Waals surface area contributed by atoms with Crippen molar-refractivity contribution in [2.75, 3.05) is 13.6 Å². The number of para-hydroxylation sites is 1. The third-order valence-corrected chi connectivity index (χ3v) is 2.54. The molecule has 0 aliphatic rings. The van der Waals surface area contributed by atoms with Crippen molar-refractivity contribution in [3.8, 4) is 5.75 Å². The average molecular weight is 222 g/mol. The van der Waals surface area contributed by atoms with Crippen molar-refractivity contribution in [2.24, 2.45) is 0 Å². The van der Waals surface area contributed by atoms with Crippen LogP contribution >= 0.6 is 0 Å². The summed E-state index contributed by atoms with van der Waals surface area (Å²) in [7, 11) is 1.83. The predicted octanol–water partition coefficient (Wildman–Crippen LogP) is 1.04. The molecule has 1 aromatic carbocycles. The molecule has 1 amide bonds. The fraction of sp³-hybridized carbons (Fsp3) is 0.417. The molecule has 0 saturated carbocycles. The maximum absolute atomic E-state index is 11.7. The molecule has 16 heavy (non-hydrogen) atoms. The second-order valence-electron chi connectivity index (χ2n) is 3.87. The van der Waals surface area contributed by atoms with E-state index in [2.05, 4.69) is 10.6 Å². The number of aryl methyl sites for hydroxylation is 1. The Morgan fingerprint density at radius 2 is 2.19 bits per heavy atom. The number of carbonyl (C=O) groups excluding carboxylic acids is 1. The van der Waals surface area contributed by atoms with Crippen molar-refractivity contribution in [3.05, 3.63) is 29.3 Å². The van der Waals surface area contributed by atoms with Gasteiger partial charge in [0.05, 0.1) is 5.56 Å². The summed E-state index contributed by atoms with van der Waals surface area (Å²) in [5.74, 6) is -0.194. The Hall–Kier alpha value is -1.55. The quantitative estimate of drug-likeness (QED) is 0.713. The first-order chi connectivity index (χ1) is 7.56. The van der Waals surface area contributed by atoms with Gasteiger partial charge in [-0.3, -0.25) is 4.79 Å². The van der Waals surface area contributed by atoms with Gasteiger partial charge in [-0.1, -0.05) is 12.1 Å². The minimum atomic E-state index is -0.247. The van der Waals surface area contributed by atoms with Crippen LogP contribution in [0.4, 0.5) is 0 Å². The Morgan fingerprint density at radius 3 is 2.81 bits per heavy atom. The number of likely N-dealkylation sites (N-methyl/N-ethyl adjacent to an activating group) is 1. The number of phenols is 1. The second kappa shape index (κ2) is 5.51. The van der Waals surface area contributed by atoms with Crippen LogP contribution in [0.25, 0.3) is 0 Å². The summed E-state index contributed by atoms with van der Waals surface area (Å²) in [6, 6.07) is 5.34. The molecule has 0 saturated heterocycles. The zero-order chi connectivity index (χ0) is 12.1. The summed E-state index contributed by atoms with van der Waals surface area (Å²) in [5.41, 5.74) is 1.03. The minimum absolute atomic E-state index is 0.0529. The Balaban J connectivity index is 2.70. The first-order valence-electron chi connectivity index (χ1n) is 5.30.